The first kappa shape index (κ1) is 10.6. The molecule has 3 rings (SSSR count). The molecule has 1 aliphatic carbocycles. The summed E-state index contributed by atoms with van der Waals surface area (Å²) in [6, 6.07) is 2.22. The van der Waals surface area contributed by atoms with Gasteiger partial charge in [0.25, 0.3) is 0 Å². The Morgan fingerprint density at radius 3 is 3.12 bits per heavy atom. The molecular weight excluding hydrogens is 202 g/mol. The molecule has 3 fully saturated rings. The molecular formula is C13H19NO2. The number of hydrogen-bond acceptors (Lipinski definition) is 3. The van der Waals surface area contributed by atoms with Crippen molar-refractivity contribution < 1.29 is 9.47 Å². The number of rotatable bonds is 2. The van der Waals surface area contributed by atoms with E-state index in [1.54, 1.807) is 0 Å². The zero-order valence-electron chi connectivity index (χ0n) is 9.65. The van der Waals surface area contributed by atoms with Crippen LogP contribution in [0.1, 0.15) is 51.4 Å². The van der Waals surface area contributed by atoms with Crippen LogP contribution >= 0.6 is 0 Å². The van der Waals surface area contributed by atoms with E-state index in [0.717, 1.165) is 32.1 Å². The summed E-state index contributed by atoms with van der Waals surface area (Å²) >= 11 is 0. The number of nitriles is 1. The molecule has 0 unspecified atom stereocenters. The minimum atomic E-state index is 0.0291. The van der Waals surface area contributed by atoms with Crippen LogP contribution in [0.25, 0.3) is 0 Å². The van der Waals surface area contributed by atoms with Gasteiger partial charge in [-0.25, -0.2) is 0 Å². The number of ether oxygens (including phenoxy) is 2. The van der Waals surface area contributed by atoms with Gasteiger partial charge in [0, 0.05) is 12.8 Å². The third-order valence-corrected chi connectivity index (χ3v) is 4.37. The van der Waals surface area contributed by atoms with Crippen LogP contribution in [-0.4, -0.2) is 23.9 Å². The second-order valence-corrected chi connectivity index (χ2v) is 5.42. The van der Waals surface area contributed by atoms with Crippen molar-refractivity contribution in [2.75, 3.05) is 0 Å². The highest BCUT2D eigenvalue weighted by molar-refractivity contribution is 5.04. The first-order valence-corrected chi connectivity index (χ1v) is 6.53. The summed E-state index contributed by atoms with van der Waals surface area (Å²) in [7, 11) is 0. The fraction of sp³-hybridized carbons (Fsp3) is 0.923. The van der Waals surface area contributed by atoms with Crippen LogP contribution in [-0.2, 0) is 9.47 Å². The molecule has 0 amide bonds. The third-order valence-electron chi connectivity index (χ3n) is 4.37. The largest absolute Gasteiger partial charge is 0.372 e. The first-order chi connectivity index (χ1) is 7.82. The standard InChI is InChI=1S/C13H19NO2/c14-8-2-4-10-5-6-12-13(16-10)7-1-3-11(9-13)15-12/h10-12H,1-7,9H2/t10-,11-,12-,13-/m0/s1. The lowest BCUT2D eigenvalue weighted by atomic mass is 9.78. The van der Waals surface area contributed by atoms with E-state index >= 15 is 0 Å². The molecule has 0 aromatic rings. The quantitative estimate of drug-likeness (QED) is 0.719. The van der Waals surface area contributed by atoms with Gasteiger partial charge in [-0.3, -0.25) is 0 Å². The van der Waals surface area contributed by atoms with Crippen molar-refractivity contribution in [1.29, 1.82) is 5.26 Å². The molecule has 16 heavy (non-hydrogen) atoms. The van der Waals surface area contributed by atoms with Gasteiger partial charge in [-0.1, -0.05) is 0 Å². The van der Waals surface area contributed by atoms with Crippen LogP contribution in [0.2, 0.25) is 0 Å². The molecule has 0 aromatic heterocycles. The summed E-state index contributed by atoms with van der Waals surface area (Å²) < 4.78 is 12.3. The molecule has 2 bridgehead atoms. The Hall–Kier alpha value is -0.590. The van der Waals surface area contributed by atoms with Gasteiger partial charge in [0.1, 0.15) is 0 Å². The van der Waals surface area contributed by atoms with E-state index in [2.05, 4.69) is 6.07 Å². The van der Waals surface area contributed by atoms with Crippen LogP contribution in [0, 0.1) is 11.3 Å². The molecule has 2 saturated heterocycles. The van der Waals surface area contributed by atoms with Crippen molar-refractivity contribution in [3.05, 3.63) is 0 Å². The maximum absolute atomic E-state index is 8.63. The van der Waals surface area contributed by atoms with Crippen LogP contribution in [0.4, 0.5) is 0 Å². The molecule has 2 heterocycles. The molecule has 2 aliphatic heterocycles. The molecule has 4 atom stereocenters. The van der Waals surface area contributed by atoms with Crippen molar-refractivity contribution in [3.63, 3.8) is 0 Å². The third kappa shape index (κ3) is 1.65. The highest BCUT2D eigenvalue weighted by atomic mass is 16.6. The van der Waals surface area contributed by atoms with Crippen molar-refractivity contribution >= 4 is 0 Å². The van der Waals surface area contributed by atoms with Crippen LogP contribution < -0.4 is 0 Å². The highest BCUT2D eigenvalue weighted by Crippen LogP contribution is 2.49. The molecule has 3 nitrogen and oxygen atoms in total. The van der Waals surface area contributed by atoms with E-state index in [4.69, 9.17) is 14.7 Å². The van der Waals surface area contributed by atoms with Gasteiger partial charge in [0.05, 0.1) is 30.0 Å². The molecule has 0 N–H and O–H groups in total. The Labute approximate surface area is 96.7 Å². The Balaban J connectivity index is 1.69. The van der Waals surface area contributed by atoms with E-state index in [-0.39, 0.29) is 5.60 Å². The van der Waals surface area contributed by atoms with Gasteiger partial charge in [-0.2, -0.15) is 5.26 Å². The van der Waals surface area contributed by atoms with Crippen molar-refractivity contribution in [1.82, 2.24) is 0 Å². The topological polar surface area (TPSA) is 42.2 Å². The summed E-state index contributed by atoms with van der Waals surface area (Å²) in [5.74, 6) is 0. The predicted octanol–water partition coefficient (Wildman–Crippen LogP) is 2.55. The summed E-state index contributed by atoms with van der Waals surface area (Å²) in [4.78, 5) is 0. The molecule has 3 heteroatoms. The van der Waals surface area contributed by atoms with E-state index in [0.29, 0.717) is 24.7 Å². The van der Waals surface area contributed by atoms with E-state index in [9.17, 15) is 0 Å². The van der Waals surface area contributed by atoms with E-state index < -0.39 is 0 Å². The van der Waals surface area contributed by atoms with Crippen molar-refractivity contribution in [3.8, 4) is 6.07 Å². The Bertz CT molecular complexity index is 312. The molecule has 0 aromatic carbocycles. The second-order valence-electron chi connectivity index (χ2n) is 5.42. The van der Waals surface area contributed by atoms with Crippen LogP contribution in [0.15, 0.2) is 0 Å². The zero-order chi connectivity index (χ0) is 11.0. The van der Waals surface area contributed by atoms with Gasteiger partial charge >= 0.3 is 0 Å². The average Bonchev–Trinajstić information content (AvgIpc) is 2.55. The maximum atomic E-state index is 8.63. The Kier molecular flexibility index (Phi) is 2.65. The van der Waals surface area contributed by atoms with Crippen LogP contribution in [0.5, 0.6) is 0 Å². The maximum Gasteiger partial charge on any atom is 0.0971 e. The second kappa shape index (κ2) is 4.01. The molecule has 1 spiro atoms. The fourth-order valence-corrected chi connectivity index (χ4v) is 3.65. The molecule has 0 radical (unpaired) electrons. The van der Waals surface area contributed by atoms with Gasteiger partial charge < -0.3 is 9.47 Å². The number of fused-ring (bicyclic) bond motifs is 1. The van der Waals surface area contributed by atoms with E-state index in [1.807, 2.05) is 0 Å². The Morgan fingerprint density at radius 2 is 2.25 bits per heavy atom. The molecule has 88 valence electrons. The van der Waals surface area contributed by atoms with Gasteiger partial charge in [0.2, 0.25) is 0 Å². The minimum absolute atomic E-state index is 0.0291. The lowest BCUT2D eigenvalue weighted by Gasteiger charge is -2.42. The Morgan fingerprint density at radius 1 is 1.31 bits per heavy atom. The number of nitrogens with zero attached hydrogens (tertiary/aromatic N) is 1. The SMILES string of the molecule is N#CCC[C@H]1CC[C@@H]2O[C@H]3CCC[C@@]2(C3)O1. The smallest absolute Gasteiger partial charge is 0.0971 e. The fourth-order valence-electron chi connectivity index (χ4n) is 3.65. The van der Waals surface area contributed by atoms with Crippen LogP contribution in [0.3, 0.4) is 0 Å². The van der Waals surface area contributed by atoms with Gasteiger partial charge in [-0.05, 0) is 38.5 Å². The summed E-state index contributed by atoms with van der Waals surface area (Å²) in [5.41, 5.74) is 0.0291. The normalized spacial score (nSPS) is 46.1. The van der Waals surface area contributed by atoms with Crippen molar-refractivity contribution in [2.24, 2.45) is 0 Å². The highest BCUT2D eigenvalue weighted by Gasteiger charge is 2.54. The monoisotopic (exact) mass is 221 g/mol. The van der Waals surface area contributed by atoms with Crippen molar-refractivity contribution in [2.45, 2.75) is 75.3 Å². The molecule has 1 saturated carbocycles. The summed E-state index contributed by atoms with van der Waals surface area (Å²) in [5, 5.41) is 8.63. The molecule has 3 aliphatic rings. The predicted molar refractivity (Wildman–Crippen MR) is 58.8 cm³/mol. The average molecular weight is 221 g/mol. The zero-order valence-corrected chi connectivity index (χ0v) is 9.65. The van der Waals surface area contributed by atoms with E-state index in [1.165, 1.54) is 12.8 Å². The van der Waals surface area contributed by atoms with Gasteiger partial charge in [0.15, 0.2) is 0 Å². The minimum Gasteiger partial charge on any atom is -0.372 e. The van der Waals surface area contributed by atoms with Gasteiger partial charge in [-0.15, -0.1) is 0 Å². The number of hydrogen-bond donors (Lipinski definition) is 0. The first-order valence-electron chi connectivity index (χ1n) is 6.53. The summed E-state index contributed by atoms with van der Waals surface area (Å²) in [6.45, 7) is 0. The lowest BCUT2D eigenvalue weighted by Crippen LogP contribution is -2.48. The summed E-state index contributed by atoms with van der Waals surface area (Å²) in [6.07, 6.45) is 9.54. The lowest BCUT2D eigenvalue weighted by molar-refractivity contribution is -0.166.